The van der Waals surface area contributed by atoms with Crippen molar-refractivity contribution in [2.24, 2.45) is 4.99 Å². The lowest BCUT2D eigenvalue weighted by atomic mass is 9.93. The van der Waals surface area contributed by atoms with Crippen molar-refractivity contribution in [2.75, 3.05) is 0 Å². The van der Waals surface area contributed by atoms with Crippen molar-refractivity contribution in [3.8, 4) is 0 Å². The highest BCUT2D eigenvalue weighted by molar-refractivity contribution is 5.59. The van der Waals surface area contributed by atoms with Crippen LogP contribution in [0, 0.1) is 0 Å². The first-order chi connectivity index (χ1) is 13.4. The van der Waals surface area contributed by atoms with Gasteiger partial charge in [-0.3, -0.25) is 4.99 Å². The molecule has 0 fully saturated rings. The summed E-state index contributed by atoms with van der Waals surface area (Å²) in [4.78, 5) is 4.55. The third-order valence-electron chi connectivity index (χ3n) is 4.04. The number of aliphatic imine (C=N–C) groups is 1. The monoisotopic (exact) mass is 377 g/mol. The number of rotatable bonds is 12. The highest BCUT2D eigenvalue weighted by Gasteiger charge is 2.09. The van der Waals surface area contributed by atoms with E-state index in [1.165, 1.54) is 29.6 Å². The zero-order valence-electron chi connectivity index (χ0n) is 18.9. The average molecular weight is 378 g/mol. The predicted octanol–water partition coefficient (Wildman–Crippen LogP) is 8.62. The zero-order valence-corrected chi connectivity index (χ0v) is 18.9. The molecule has 0 aromatic rings. The minimum atomic E-state index is 0.773. The Balaban J connectivity index is 6.22. The summed E-state index contributed by atoms with van der Waals surface area (Å²) in [5, 5.41) is 0. The van der Waals surface area contributed by atoms with Gasteiger partial charge in [-0.2, -0.15) is 0 Å². The number of nitrogens with zero attached hydrogens (tertiary/aromatic N) is 1. The molecule has 1 nitrogen and oxygen atoms in total. The van der Waals surface area contributed by atoms with Gasteiger partial charge in [-0.1, -0.05) is 68.5 Å². The lowest BCUT2D eigenvalue weighted by molar-refractivity contribution is 0.797. The molecule has 0 radical (unpaired) electrons. The van der Waals surface area contributed by atoms with Crippen molar-refractivity contribution in [1.29, 1.82) is 0 Å². The summed E-state index contributed by atoms with van der Waals surface area (Å²) < 4.78 is 0. The van der Waals surface area contributed by atoms with Gasteiger partial charge in [-0.05, 0) is 82.8 Å². The molecule has 0 unspecified atom stereocenters. The molecule has 0 aromatic carbocycles. The van der Waals surface area contributed by atoms with Crippen LogP contribution >= 0.6 is 0 Å². The van der Waals surface area contributed by atoms with E-state index in [2.05, 4.69) is 82.3 Å². The van der Waals surface area contributed by atoms with Crippen LogP contribution in [0.5, 0.6) is 0 Å². The van der Waals surface area contributed by atoms with Gasteiger partial charge in [0.05, 0.1) is 5.70 Å². The molecule has 1 heteroatoms. The minimum absolute atomic E-state index is 0.773. The SMILES string of the molecule is C=CC(/N=C\C)=C(\C=C(\C=C/C)CCCC)C(=C)C/C(C=C(C)C)=C/C=C\C. The van der Waals surface area contributed by atoms with Crippen LogP contribution in [0.1, 0.15) is 67.2 Å². The molecule has 0 aliphatic heterocycles. The molecule has 0 heterocycles. The first kappa shape index (κ1) is 25.6. The Morgan fingerprint density at radius 3 is 2.21 bits per heavy atom. The quantitative estimate of drug-likeness (QED) is 0.238. The fourth-order valence-corrected chi connectivity index (χ4v) is 2.80. The maximum absolute atomic E-state index is 4.55. The predicted molar refractivity (Wildman–Crippen MR) is 130 cm³/mol. The van der Waals surface area contributed by atoms with Gasteiger partial charge < -0.3 is 0 Å². The molecule has 152 valence electrons. The molecule has 0 aromatic heterocycles. The zero-order chi connectivity index (χ0) is 21.4. The van der Waals surface area contributed by atoms with Crippen molar-refractivity contribution >= 4 is 6.21 Å². The summed E-state index contributed by atoms with van der Waals surface area (Å²) in [5.41, 5.74) is 6.79. The first-order valence-electron chi connectivity index (χ1n) is 10.3. The third-order valence-corrected chi connectivity index (χ3v) is 4.04. The van der Waals surface area contributed by atoms with Crippen molar-refractivity contribution in [3.05, 3.63) is 95.3 Å². The third kappa shape index (κ3) is 10.7. The van der Waals surface area contributed by atoms with E-state index in [9.17, 15) is 0 Å². The molecule has 0 saturated carbocycles. The van der Waals surface area contributed by atoms with E-state index < -0.39 is 0 Å². The van der Waals surface area contributed by atoms with E-state index >= 15 is 0 Å². The van der Waals surface area contributed by atoms with Gasteiger partial charge in [0, 0.05) is 11.8 Å². The molecular weight excluding hydrogens is 338 g/mol. The molecule has 0 amide bonds. The van der Waals surface area contributed by atoms with E-state index in [0.717, 1.165) is 29.7 Å². The number of unbranched alkanes of at least 4 members (excludes halogenated alkanes) is 1. The van der Waals surface area contributed by atoms with Crippen LogP contribution in [0.4, 0.5) is 0 Å². The van der Waals surface area contributed by atoms with Gasteiger partial charge in [0.1, 0.15) is 0 Å². The molecule has 0 aliphatic carbocycles. The number of allylic oxidation sites excluding steroid dienone is 13. The normalized spacial score (nSPS) is 14.1. The minimum Gasteiger partial charge on any atom is -0.261 e. The largest absolute Gasteiger partial charge is 0.261 e. The number of hydrogen-bond acceptors (Lipinski definition) is 1. The Hall–Kier alpha value is -2.41. The van der Waals surface area contributed by atoms with E-state index in [0.29, 0.717) is 0 Å². The van der Waals surface area contributed by atoms with Crippen LogP contribution in [0.3, 0.4) is 0 Å². The summed E-state index contributed by atoms with van der Waals surface area (Å²) in [6, 6.07) is 0. The lowest BCUT2D eigenvalue weighted by Crippen LogP contribution is -1.95. The fourth-order valence-electron chi connectivity index (χ4n) is 2.80. The summed E-state index contributed by atoms with van der Waals surface area (Å²) in [6.07, 6.45) is 22.8. The van der Waals surface area contributed by atoms with E-state index in [1.807, 2.05) is 32.2 Å². The second-order valence-corrected chi connectivity index (χ2v) is 6.98. The summed E-state index contributed by atoms with van der Waals surface area (Å²) in [6.45, 7) is 20.9. The topological polar surface area (TPSA) is 12.4 Å². The van der Waals surface area contributed by atoms with Crippen LogP contribution in [-0.2, 0) is 0 Å². The van der Waals surface area contributed by atoms with Crippen LogP contribution in [0.15, 0.2) is 100 Å². The van der Waals surface area contributed by atoms with Crippen molar-refractivity contribution in [2.45, 2.75) is 67.2 Å². The highest BCUT2D eigenvalue weighted by atomic mass is 14.7. The van der Waals surface area contributed by atoms with Crippen molar-refractivity contribution in [1.82, 2.24) is 0 Å². The van der Waals surface area contributed by atoms with Gasteiger partial charge in [0.15, 0.2) is 0 Å². The number of hydrogen-bond donors (Lipinski definition) is 0. The van der Waals surface area contributed by atoms with E-state index in [1.54, 1.807) is 0 Å². The Morgan fingerprint density at radius 1 is 1.00 bits per heavy atom. The Bertz CT molecular complexity index is 711. The Labute approximate surface area is 174 Å². The molecule has 0 bridgehead atoms. The van der Waals surface area contributed by atoms with Crippen LogP contribution < -0.4 is 0 Å². The molecule has 28 heavy (non-hydrogen) atoms. The Morgan fingerprint density at radius 2 is 1.71 bits per heavy atom. The fraction of sp³-hybridized carbons (Fsp3) is 0.370. The molecule has 0 spiro atoms. The average Bonchev–Trinajstić information content (AvgIpc) is 2.66. The van der Waals surface area contributed by atoms with Gasteiger partial charge in [0.25, 0.3) is 0 Å². The van der Waals surface area contributed by atoms with Gasteiger partial charge in [-0.25, -0.2) is 0 Å². The molecule has 0 atom stereocenters. The van der Waals surface area contributed by atoms with Crippen molar-refractivity contribution in [3.63, 3.8) is 0 Å². The van der Waals surface area contributed by atoms with E-state index in [4.69, 9.17) is 0 Å². The smallest absolute Gasteiger partial charge is 0.0694 e. The highest BCUT2D eigenvalue weighted by Crippen LogP contribution is 2.27. The lowest BCUT2D eigenvalue weighted by Gasteiger charge is -2.13. The van der Waals surface area contributed by atoms with Gasteiger partial charge >= 0.3 is 0 Å². The first-order valence-corrected chi connectivity index (χ1v) is 10.3. The Kier molecular flexibility index (Phi) is 14.3. The molecular formula is C27H39N. The van der Waals surface area contributed by atoms with E-state index in [-0.39, 0.29) is 0 Å². The second kappa shape index (κ2) is 15.6. The maximum Gasteiger partial charge on any atom is 0.0694 e. The standard InChI is InChI=1S/C27H39N/c1-9-14-17-24(16-11-3)21-26(27(12-4)28-13-5)23(8)20-25(18-15-10-2)19-22(6)7/h10-13,15-16,18-19,21H,4,8-9,14,17,20H2,1-3,5-7H3/b15-10-,16-11-,24-21-,25-18+,27-26-,28-13-. The van der Waals surface area contributed by atoms with Gasteiger partial charge in [0.2, 0.25) is 0 Å². The summed E-state index contributed by atoms with van der Waals surface area (Å²) in [7, 11) is 0. The van der Waals surface area contributed by atoms with Crippen LogP contribution in [0.25, 0.3) is 0 Å². The maximum atomic E-state index is 4.55. The van der Waals surface area contributed by atoms with Crippen molar-refractivity contribution < 1.29 is 0 Å². The molecule has 0 saturated heterocycles. The molecule has 0 N–H and O–H groups in total. The van der Waals surface area contributed by atoms with Crippen LogP contribution in [-0.4, -0.2) is 6.21 Å². The summed E-state index contributed by atoms with van der Waals surface area (Å²) in [5.74, 6) is 0. The summed E-state index contributed by atoms with van der Waals surface area (Å²) >= 11 is 0. The van der Waals surface area contributed by atoms with Crippen LogP contribution in [0.2, 0.25) is 0 Å². The molecule has 0 aliphatic rings. The van der Waals surface area contributed by atoms with Gasteiger partial charge in [-0.15, -0.1) is 0 Å². The second-order valence-electron chi connectivity index (χ2n) is 6.98. The molecule has 0 rings (SSSR count).